The summed E-state index contributed by atoms with van der Waals surface area (Å²) in [5, 5.41) is 15.9. The molecule has 0 saturated carbocycles. The molecule has 3 heterocycles. The number of esters is 2. The van der Waals surface area contributed by atoms with Gasteiger partial charge in [0.25, 0.3) is 0 Å². The third-order valence-corrected chi connectivity index (χ3v) is 6.20. The molecule has 0 spiro atoms. The third-order valence-electron chi connectivity index (χ3n) is 5.88. The first kappa shape index (κ1) is 23.3. The van der Waals surface area contributed by atoms with Gasteiger partial charge in [0.2, 0.25) is 0 Å². The number of ether oxygens (including phenoxy) is 3. The van der Waals surface area contributed by atoms with E-state index in [4.69, 9.17) is 25.8 Å². The van der Waals surface area contributed by atoms with Crippen LogP contribution in [0.4, 0.5) is 0 Å². The molecule has 10 heteroatoms. The van der Waals surface area contributed by atoms with Crippen LogP contribution in [0, 0.1) is 0 Å². The van der Waals surface area contributed by atoms with Gasteiger partial charge in [-0.3, -0.25) is 9.48 Å². The molecular weight excluding hydrogens is 450 g/mol. The summed E-state index contributed by atoms with van der Waals surface area (Å²) in [5.41, 5.74) is 4.66. The largest absolute Gasteiger partial charge is 0.466 e. The van der Waals surface area contributed by atoms with Gasteiger partial charge in [-0.05, 0) is 24.5 Å². The van der Waals surface area contributed by atoms with Crippen LogP contribution in [-0.4, -0.2) is 51.7 Å². The van der Waals surface area contributed by atoms with Gasteiger partial charge in [0.1, 0.15) is 5.69 Å². The first-order valence-electron chi connectivity index (χ1n) is 10.7. The van der Waals surface area contributed by atoms with Crippen LogP contribution in [-0.2, 0) is 52.2 Å². The Morgan fingerprint density at radius 1 is 1.30 bits per heavy atom. The molecule has 4 rings (SSSR count). The van der Waals surface area contributed by atoms with Crippen LogP contribution in [0.25, 0.3) is 22.0 Å². The number of aryl methyl sites for hydroxylation is 2. The number of hydrogen-bond donors (Lipinski definition) is 1. The maximum absolute atomic E-state index is 12.8. The zero-order valence-corrected chi connectivity index (χ0v) is 19.6. The van der Waals surface area contributed by atoms with E-state index < -0.39 is 5.97 Å². The van der Waals surface area contributed by atoms with Crippen LogP contribution >= 0.6 is 11.6 Å². The second-order valence-electron chi connectivity index (χ2n) is 7.84. The summed E-state index contributed by atoms with van der Waals surface area (Å²) in [6.45, 7) is 2.82. The molecule has 9 nitrogen and oxygen atoms in total. The topological polar surface area (TPSA) is 105 Å². The molecular formula is C23H26ClN3O6. The molecule has 1 N–H and O–H groups in total. The lowest BCUT2D eigenvalue weighted by Crippen LogP contribution is -2.17. The second-order valence-corrected chi connectivity index (χ2v) is 8.25. The number of methoxy groups -OCH3 is 1. The standard InChI is InChI=1S/C23H26ClN3O6/c1-13(29)33-9-4-5-14-15-6-7-16(24)19(21(15)26(2)22(14)23(30)31-3)20-17(11-28)25-27-8-10-32-12-18(20)27/h6-7,28H,4-5,8-12H2,1-3H3. The summed E-state index contributed by atoms with van der Waals surface area (Å²) in [6, 6.07) is 3.66. The Morgan fingerprint density at radius 2 is 2.09 bits per heavy atom. The number of aliphatic hydroxyl groups is 1. The van der Waals surface area contributed by atoms with E-state index in [0.29, 0.717) is 54.6 Å². The van der Waals surface area contributed by atoms with Crippen LogP contribution in [0.1, 0.15) is 40.8 Å². The van der Waals surface area contributed by atoms with Gasteiger partial charge in [-0.1, -0.05) is 17.7 Å². The molecule has 2 aromatic heterocycles. The molecule has 0 fully saturated rings. The van der Waals surface area contributed by atoms with Crippen LogP contribution in [0.3, 0.4) is 0 Å². The summed E-state index contributed by atoms with van der Waals surface area (Å²) in [6.07, 6.45) is 1.04. The van der Waals surface area contributed by atoms with Gasteiger partial charge in [-0.25, -0.2) is 4.79 Å². The molecule has 0 radical (unpaired) electrons. The fourth-order valence-corrected chi connectivity index (χ4v) is 4.76. The Bertz CT molecular complexity index is 1230. The number of carbonyl (C=O) groups excluding carboxylic acids is 2. The number of fused-ring (bicyclic) bond motifs is 2. The molecule has 0 atom stereocenters. The van der Waals surface area contributed by atoms with E-state index in [-0.39, 0.29) is 19.2 Å². The lowest BCUT2D eigenvalue weighted by atomic mass is 9.98. The van der Waals surface area contributed by atoms with Gasteiger partial charge in [-0.15, -0.1) is 0 Å². The summed E-state index contributed by atoms with van der Waals surface area (Å²) in [5.74, 6) is -0.819. The molecule has 33 heavy (non-hydrogen) atoms. The van der Waals surface area contributed by atoms with Crippen molar-refractivity contribution in [2.75, 3.05) is 20.3 Å². The highest BCUT2D eigenvalue weighted by Gasteiger charge is 2.29. The molecule has 0 unspecified atom stereocenters. The van der Waals surface area contributed by atoms with Gasteiger partial charge in [-0.2, -0.15) is 5.10 Å². The van der Waals surface area contributed by atoms with Gasteiger partial charge < -0.3 is 23.9 Å². The molecule has 1 aliphatic rings. The summed E-state index contributed by atoms with van der Waals surface area (Å²) < 4.78 is 19.4. The highest BCUT2D eigenvalue weighted by atomic mass is 35.5. The monoisotopic (exact) mass is 475 g/mol. The SMILES string of the molecule is COC(=O)c1c(CCCOC(C)=O)c2ccc(Cl)c(-c3c(CO)nn4c3COCC4)c2n1C. The van der Waals surface area contributed by atoms with E-state index in [1.807, 2.05) is 10.7 Å². The molecule has 1 aromatic carbocycles. The minimum atomic E-state index is -0.471. The first-order valence-corrected chi connectivity index (χ1v) is 11.1. The van der Waals surface area contributed by atoms with E-state index in [0.717, 1.165) is 27.7 Å². The number of hydrogen-bond acceptors (Lipinski definition) is 7. The predicted octanol–water partition coefficient (Wildman–Crippen LogP) is 3.00. The van der Waals surface area contributed by atoms with Crippen LogP contribution in [0.15, 0.2) is 12.1 Å². The van der Waals surface area contributed by atoms with Crippen LogP contribution in [0.5, 0.6) is 0 Å². The van der Waals surface area contributed by atoms with Crippen molar-refractivity contribution < 1.29 is 28.9 Å². The Labute approximate surface area is 195 Å². The molecule has 3 aromatic rings. The molecule has 176 valence electrons. The fraction of sp³-hybridized carbons (Fsp3) is 0.435. The van der Waals surface area contributed by atoms with Crippen LogP contribution < -0.4 is 0 Å². The number of nitrogens with zero attached hydrogens (tertiary/aromatic N) is 3. The van der Waals surface area contributed by atoms with E-state index >= 15 is 0 Å². The van der Waals surface area contributed by atoms with Crippen molar-refractivity contribution in [1.29, 1.82) is 0 Å². The molecule has 0 saturated heterocycles. The maximum atomic E-state index is 12.8. The highest BCUT2D eigenvalue weighted by molar-refractivity contribution is 6.35. The Kier molecular flexibility index (Phi) is 6.73. The smallest absolute Gasteiger partial charge is 0.354 e. The first-order chi connectivity index (χ1) is 15.9. The minimum Gasteiger partial charge on any atom is -0.466 e. The minimum absolute atomic E-state index is 0.246. The molecule has 0 aliphatic carbocycles. The number of aromatic nitrogens is 3. The van der Waals surface area contributed by atoms with Crippen LogP contribution in [0.2, 0.25) is 5.02 Å². The van der Waals surface area contributed by atoms with E-state index in [1.54, 1.807) is 17.7 Å². The average molecular weight is 476 g/mol. The predicted molar refractivity (Wildman–Crippen MR) is 121 cm³/mol. The normalized spacial score (nSPS) is 13.2. The quantitative estimate of drug-likeness (QED) is 0.413. The van der Waals surface area contributed by atoms with Crippen molar-refractivity contribution in [2.24, 2.45) is 7.05 Å². The third kappa shape index (κ3) is 4.12. The van der Waals surface area contributed by atoms with Crippen molar-refractivity contribution in [3.8, 4) is 11.1 Å². The Hall–Kier alpha value is -2.88. The zero-order chi connectivity index (χ0) is 23.7. The number of aliphatic hydroxyl groups excluding tert-OH is 1. The second kappa shape index (κ2) is 9.54. The molecule has 1 aliphatic heterocycles. The fourth-order valence-electron chi connectivity index (χ4n) is 4.52. The van der Waals surface area contributed by atoms with Gasteiger partial charge in [0.15, 0.2) is 0 Å². The summed E-state index contributed by atoms with van der Waals surface area (Å²) in [4.78, 5) is 23.9. The van der Waals surface area contributed by atoms with Crippen molar-refractivity contribution >= 4 is 34.4 Å². The number of halogens is 1. The lowest BCUT2D eigenvalue weighted by Gasteiger charge is -2.17. The van der Waals surface area contributed by atoms with Crippen molar-refractivity contribution in [3.05, 3.63) is 39.8 Å². The lowest BCUT2D eigenvalue weighted by molar-refractivity contribution is -0.141. The summed E-state index contributed by atoms with van der Waals surface area (Å²) >= 11 is 6.73. The van der Waals surface area contributed by atoms with E-state index in [1.165, 1.54) is 14.0 Å². The maximum Gasteiger partial charge on any atom is 0.354 e. The van der Waals surface area contributed by atoms with Gasteiger partial charge >= 0.3 is 11.9 Å². The number of rotatable bonds is 7. The molecule has 0 bridgehead atoms. The van der Waals surface area contributed by atoms with Gasteiger partial charge in [0, 0.05) is 30.5 Å². The van der Waals surface area contributed by atoms with Crippen molar-refractivity contribution in [1.82, 2.24) is 14.3 Å². The number of carbonyl (C=O) groups is 2. The van der Waals surface area contributed by atoms with E-state index in [2.05, 4.69) is 5.10 Å². The van der Waals surface area contributed by atoms with Crippen molar-refractivity contribution in [2.45, 2.75) is 39.5 Å². The number of benzene rings is 1. The Balaban J connectivity index is 1.95. The highest BCUT2D eigenvalue weighted by Crippen LogP contribution is 2.42. The van der Waals surface area contributed by atoms with Crippen molar-refractivity contribution in [3.63, 3.8) is 0 Å². The Morgan fingerprint density at radius 3 is 2.79 bits per heavy atom. The zero-order valence-electron chi connectivity index (χ0n) is 18.8. The van der Waals surface area contributed by atoms with E-state index in [9.17, 15) is 14.7 Å². The molecule has 0 amide bonds. The average Bonchev–Trinajstić information content (AvgIpc) is 3.31. The summed E-state index contributed by atoms with van der Waals surface area (Å²) in [7, 11) is 3.13. The van der Waals surface area contributed by atoms with Gasteiger partial charge in [0.05, 0.1) is 62.0 Å².